The fourth-order valence-electron chi connectivity index (χ4n) is 0.781. The molecule has 0 heterocycles. The molecule has 76 valence electrons. The van der Waals surface area contributed by atoms with Crippen LogP contribution in [0, 0.1) is 0 Å². The van der Waals surface area contributed by atoms with Gasteiger partial charge >= 0.3 is 5.97 Å². The minimum atomic E-state index is -1.00. The van der Waals surface area contributed by atoms with Crippen LogP contribution in [0.25, 0.3) is 0 Å². The Morgan fingerprint density at radius 1 is 1.54 bits per heavy atom. The molecule has 0 aromatic rings. The van der Waals surface area contributed by atoms with Gasteiger partial charge in [0.2, 0.25) is 0 Å². The highest BCUT2D eigenvalue weighted by atomic mass is 127. The van der Waals surface area contributed by atoms with Crippen LogP contribution in [-0.4, -0.2) is 18.1 Å². The highest BCUT2D eigenvalue weighted by molar-refractivity contribution is 14.1. The molecule has 0 amide bonds. The number of hydrogen-bond donors (Lipinski definition) is 0. The Morgan fingerprint density at radius 3 is 2.46 bits per heavy atom. The van der Waals surface area contributed by atoms with Crippen LogP contribution in [0.2, 0.25) is 19.1 Å². The Hall–Kier alpha value is 0.157. The molecule has 0 fully saturated rings. The summed E-state index contributed by atoms with van der Waals surface area (Å²) in [7, 11) is 0. The van der Waals surface area contributed by atoms with Crippen molar-refractivity contribution in [3.05, 3.63) is 12.2 Å². The standard InChI is InChI=1S/C9H17IO2Si/c1-8(2)9(11)12-6-5-7-13(3,4)10/h1,5-7H2,2-4H3. The average molecular weight is 312 g/mol. The second-order valence-corrected chi connectivity index (χ2v) is 16.4. The summed E-state index contributed by atoms with van der Waals surface area (Å²) in [5.74, 6) is -0.270. The molecule has 0 radical (unpaired) electrons. The van der Waals surface area contributed by atoms with E-state index >= 15 is 0 Å². The van der Waals surface area contributed by atoms with Crippen LogP contribution in [0.3, 0.4) is 0 Å². The molecule has 0 N–H and O–H groups in total. The molecule has 4 heteroatoms. The molecule has 2 nitrogen and oxygen atoms in total. The van der Waals surface area contributed by atoms with Crippen molar-refractivity contribution in [2.75, 3.05) is 6.61 Å². The van der Waals surface area contributed by atoms with Gasteiger partial charge in [0.1, 0.15) is 5.57 Å². The van der Waals surface area contributed by atoms with E-state index in [1.807, 2.05) is 0 Å². The topological polar surface area (TPSA) is 26.3 Å². The van der Waals surface area contributed by atoms with E-state index in [0.29, 0.717) is 12.2 Å². The largest absolute Gasteiger partial charge is 0.462 e. The van der Waals surface area contributed by atoms with Crippen LogP contribution < -0.4 is 0 Å². The van der Waals surface area contributed by atoms with Crippen molar-refractivity contribution in [3.8, 4) is 0 Å². The van der Waals surface area contributed by atoms with Crippen molar-refractivity contribution in [3.63, 3.8) is 0 Å². The summed E-state index contributed by atoms with van der Waals surface area (Å²) in [5.41, 5.74) is -0.522. The SMILES string of the molecule is C=C(C)C(=O)OCCC[Si](C)(C)I. The first-order valence-electron chi connectivity index (χ1n) is 4.34. The Morgan fingerprint density at radius 2 is 2.08 bits per heavy atom. The number of ether oxygens (including phenoxy) is 1. The van der Waals surface area contributed by atoms with Crippen LogP contribution in [0.1, 0.15) is 13.3 Å². The minimum absolute atomic E-state index is 0.270. The van der Waals surface area contributed by atoms with Crippen LogP contribution in [0.15, 0.2) is 12.2 Å². The Balaban J connectivity index is 3.47. The van der Waals surface area contributed by atoms with Gasteiger partial charge in [-0.25, -0.2) is 4.79 Å². The molecule has 0 aromatic heterocycles. The van der Waals surface area contributed by atoms with E-state index in [2.05, 4.69) is 41.5 Å². The van der Waals surface area contributed by atoms with Gasteiger partial charge in [-0.05, 0) is 19.4 Å². The molecule has 0 bridgehead atoms. The lowest BCUT2D eigenvalue weighted by Crippen LogP contribution is -2.16. The molecular formula is C9H17IO2Si. The molecule has 13 heavy (non-hydrogen) atoms. The second-order valence-electron chi connectivity index (χ2n) is 3.74. The quantitative estimate of drug-likeness (QED) is 0.195. The molecule has 0 aliphatic carbocycles. The van der Waals surface area contributed by atoms with Crippen LogP contribution in [0.4, 0.5) is 0 Å². The third-order valence-electron chi connectivity index (χ3n) is 1.50. The highest BCUT2D eigenvalue weighted by Crippen LogP contribution is 2.19. The molecule has 0 rings (SSSR count). The third kappa shape index (κ3) is 8.49. The molecular weight excluding hydrogens is 295 g/mol. The minimum Gasteiger partial charge on any atom is -0.462 e. The fraction of sp³-hybridized carbons (Fsp3) is 0.667. The number of carbonyl (C=O) groups is 1. The second kappa shape index (κ2) is 5.80. The Bertz CT molecular complexity index is 196. The third-order valence-corrected chi connectivity index (χ3v) is 4.66. The maximum absolute atomic E-state index is 11.0. The lowest BCUT2D eigenvalue weighted by atomic mass is 10.4. The molecule has 0 aliphatic heterocycles. The van der Waals surface area contributed by atoms with Gasteiger partial charge in [-0.2, -0.15) is 0 Å². The average Bonchev–Trinajstić information content (AvgIpc) is 1.95. The molecule has 0 atom stereocenters. The van der Waals surface area contributed by atoms with Crippen molar-refractivity contribution in [1.82, 2.24) is 0 Å². The Labute approximate surface area is 94.0 Å². The zero-order valence-electron chi connectivity index (χ0n) is 8.52. The van der Waals surface area contributed by atoms with E-state index in [-0.39, 0.29) is 5.97 Å². The normalized spacial score (nSPS) is 11.1. The number of halogens is 1. The van der Waals surface area contributed by atoms with Gasteiger partial charge < -0.3 is 4.74 Å². The molecule has 0 aliphatic rings. The van der Waals surface area contributed by atoms with Gasteiger partial charge in [0.05, 0.1) is 6.61 Å². The first-order valence-corrected chi connectivity index (χ1v) is 10.7. The maximum Gasteiger partial charge on any atom is 0.333 e. The van der Waals surface area contributed by atoms with Crippen LogP contribution in [0.5, 0.6) is 0 Å². The van der Waals surface area contributed by atoms with Crippen LogP contribution >= 0.6 is 21.8 Å². The smallest absolute Gasteiger partial charge is 0.333 e. The van der Waals surface area contributed by atoms with Gasteiger partial charge in [-0.3, -0.25) is 0 Å². The van der Waals surface area contributed by atoms with Gasteiger partial charge in [-0.1, -0.05) is 19.7 Å². The van der Waals surface area contributed by atoms with Crippen molar-refractivity contribution in [2.45, 2.75) is 32.5 Å². The zero-order chi connectivity index (χ0) is 10.5. The molecule has 0 unspecified atom stereocenters. The van der Waals surface area contributed by atoms with E-state index in [0.717, 1.165) is 6.42 Å². The summed E-state index contributed by atoms with van der Waals surface area (Å²) in [4.78, 5) is 11.0. The summed E-state index contributed by atoms with van der Waals surface area (Å²) >= 11 is 2.53. The molecule has 0 saturated carbocycles. The van der Waals surface area contributed by atoms with Crippen molar-refractivity contribution in [2.24, 2.45) is 0 Å². The summed E-state index contributed by atoms with van der Waals surface area (Å²) < 4.78 is 4.98. The predicted molar refractivity (Wildman–Crippen MR) is 66.7 cm³/mol. The molecule has 0 aromatic carbocycles. The summed E-state index contributed by atoms with van der Waals surface area (Å²) in [6.07, 6.45) is 0.973. The van der Waals surface area contributed by atoms with E-state index in [1.165, 1.54) is 6.04 Å². The van der Waals surface area contributed by atoms with E-state index < -0.39 is 5.57 Å². The maximum atomic E-state index is 11.0. The van der Waals surface area contributed by atoms with Gasteiger partial charge in [0, 0.05) is 5.57 Å². The van der Waals surface area contributed by atoms with Crippen LogP contribution in [-0.2, 0) is 9.53 Å². The first kappa shape index (κ1) is 13.2. The lowest BCUT2D eigenvalue weighted by molar-refractivity contribution is -0.138. The van der Waals surface area contributed by atoms with Gasteiger partial charge in [0.15, 0.2) is 0 Å². The summed E-state index contributed by atoms with van der Waals surface area (Å²) in [6.45, 7) is 10.3. The van der Waals surface area contributed by atoms with Gasteiger partial charge in [0.25, 0.3) is 0 Å². The Kier molecular flexibility index (Phi) is 5.87. The van der Waals surface area contributed by atoms with E-state index in [1.54, 1.807) is 6.92 Å². The highest BCUT2D eigenvalue weighted by Gasteiger charge is 2.15. The number of carbonyl (C=O) groups excluding carboxylic acids is 1. The fourth-order valence-corrected chi connectivity index (χ4v) is 2.91. The number of esters is 1. The monoisotopic (exact) mass is 312 g/mol. The van der Waals surface area contributed by atoms with Gasteiger partial charge in [-0.15, -0.1) is 21.8 Å². The van der Waals surface area contributed by atoms with Crippen molar-refractivity contribution in [1.29, 1.82) is 0 Å². The van der Waals surface area contributed by atoms with E-state index in [9.17, 15) is 4.79 Å². The van der Waals surface area contributed by atoms with Crippen molar-refractivity contribution < 1.29 is 9.53 Å². The number of hydrogen-bond acceptors (Lipinski definition) is 2. The lowest BCUT2D eigenvalue weighted by Gasteiger charge is -2.12. The molecule has 0 saturated heterocycles. The summed E-state index contributed by atoms with van der Waals surface area (Å²) in [6, 6.07) is 1.19. The predicted octanol–water partition coefficient (Wildman–Crippen LogP) is 3.14. The summed E-state index contributed by atoms with van der Waals surface area (Å²) in [5, 5.41) is 0. The van der Waals surface area contributed by atoms with E-state index in [4.69, 9.17) is 4.74 Å². The van der Waals surface area contributed by atoms with Crippen molar-refractivity contribution >= 4 is 33.3 Å². The zero-order valence-corrected chi connectivity index (χ0v) is 11.7. The first-order chi connectivity index (χ1) is 5.83. The number of rotatable bonds is 5. The molecule has 0 spiro atoms.